The van der Waals surface area contributed by atoms with Crippen LogP contribution in [0.5, 0.6) is 11.5 Å². The maximum Gasteiger partial charge on any atom is 0.317 e. The second-order valence-electron chi connectivity index (χ2n) is 6.14. The van der Waals surface area contributed by atoms with Gasteiger partial charge < -0.3 is 9.47 Å². The molecule has 0 N–H and O–H groups in total. The Morgan fingerprint density at radius 1 is 1.07 bits per heavy atom. The van der Waals surface area contributed by atoms with E-state index in [4.69, 9.17) is 44.3 Å². The predicted molar refractivity (Wildman–Crippen MR) is 106 cm³/mol. The summed E-state index contributed by atoms with van der Waals surface area (Å²) in [6, 6.07) is 12.6. The smallest absolute Gasteiger partial charge is 0.317 e. The number of ether oxygens (including phenoxy) is 2. The highest BCUT2D eigenvalue weighted by Crippen LogP contribution is 2.34. The molecule has 0 spiro atoms. The first-order chi connectivity index (χ1) is 12.8. The fraction of sp³-hybridized carbons (Fsp3) is 0.250. The number of carbonyl (C=O) groups excluding carboxylic acids is 1. The highest BCUT2D eigenvalue weighted by molar-refractivity contribution is 6.55. The molecule has 0 saturated heterocycles. The number of carbonyl (C=O) groups is 1. The molecule has 0 aliphatic rings. The third kappa shape index (κ3) is 6.42. The highest BCUT2D eigenvalue weighted by Gasteiger charge is 2.34. The Morgan fingerprint density at radius 3 is 2.33 bits per heavy atom. The van der Waals surface area contributed by atoms with Crippen LogP contribution in [0.25, 0.3) is 0 Å². The molecule has 2 aromatic rings. The predicted octanol–water partition coefficient (Wildman–Crippen LogP) is 6.88. The van der Waals surface area contributed by atoms with E-state index in [1.807, 2.05) is 0 Å². The van der Waals surface area contributed by atoms with Gasteiger partial charge in [-0.2, -0.15) is 0 Å². The van der Waals surface area contributed by atoms with Gasteiger partial charge in [0.1, 0.15) is 28.4 Å². The lowest BCUT2D eigenvalue weighted by Gasteiger charge is -2.23. The summed E-state index contributed by atoms with van der Waals surface area (Å²) in [6.07, 6.45) is -0.451. The van der Waals surface area contributed by atoms with E-state index >= 15 is 4.39 Å². The molecule has 27 heavy (non-hydrogen) atoms. The van der Waals surface area contributed by atoms with Crippen LogP contribution in [0.2, 0.25) is 5.02 Å². The van der Waals surface area contributed by atoms with Crippen LogP contribution in [0, 0.1) is 11.8 Å². The molecular weight excluding hydrogens is 414 g/mol. The second-order valence-corrected chi connectivity index (χ2v) is 7.59. The standard InChI is InChI=1S/C20H18Cl3FO3/c1-12(2)18(20(25)27-15-8-6-14(21)7-9-15)19(24)13-4-3-5-16(10-13)26-11-17(22)23/h3-12,18-19H,1-2H3. The lowest BCUT2D eigenvalue weighted by atomic mass is 9.87. The molecule has 2 aromatic carbocycles. The SMILES string of the molecule is CC(C)C(C(=O)Oc1ccc(Cl)cc1)C(F)c1cccc(OC=C(Cl)Cl)c1. The molecule has 2 atom stereocenters. The van der Waals surface area contributed by atoms with Gasteiger partial charge >= 0.3 is 5.97 Å². The minimum absolute atomic E-state index is 0.0659. The van der Waals surface area contributed by atoms with Gasteiger partial charge in [-0.25, -0.2) is 4.39 Å². The van der Waals surface area contributed by atoms with Crippen LogP contribution in [0.15, 0.2) is 59.3 Å². The number of esters is 1. The van der Waals surface area contributed by atoms with E-state index in [1.54, 1.807) is 56.3 Å². The number of rotatable bonds is 7. The highest BCUT2D eigenvalue weighted by atomic mass is 35.5. The van der Waals surface area contributed by atoms with Crippen molar-refractivity contribution in [3.63, 3.8) is 0 Å². The second kappa shape index (κ2) is 9.98. The third-order valence-electron chi connectivity index (χ3n) is 3.80. The Bertz CT molecular complexity index is 802. The molecule has 0 saturated carbocycles. The van der Waals surface area contributed by atoms with Crippen LogP contribution in [0.1, 0.15) is 25.6 Å². The lowest BCUT2D eigenvalue weighted by molar-refractivity contribution is -0.143. The minimum atomic E-state index is -1.58. The zero-order chi connectivity index (χ0) is 20.0. The van der Waals surface area contributed by atoms with Crippen LogP contribution >= 0.6 is 34.8 Å². The van der Waals surface area contributed by atoms with Crippen molar-refractivity contribution in [3.8, 4) is 11.5 Å². The van der Waals surface area contributed by atoms with Gasteiger partial charge in [0.05, 0.1) is 5.92 Å². The van der Waals surface area contributed by atoms with E-state index in [9.17, 15) is 4.79 Å². The molecule has 2 unspecified atom stereocenters. The van der Waals surface area contributed by atoms with Crippen LogP contribution in [-0.4, -0.2) is 5.97 Å². The van der Waals surface area contributed by atoms with Crippen LogP contribution in [-0.2, 0) is 4.79 Å². The van der Waals surface area contributed by atoms with Gasteiger partial charge in [0.25, 0.3) is 0 Å². The first kappa shape index (κ1) is 21.5. The summed E-state index contributed by atoms with van der Waals surface area (Å²) in [6.45, 7) is 3.52. The Hall–Kier alpha value is -1.75. The number of hydrogen-bond acceptors (Lipinski definition) is 3. The van der Waals surface area contributed by atoms with Crippen molar-refractivity contribution in [3.05, 3.63) is 69.9 Å². The molecule has 2 rings (SSSR count). The summed E-state index contributed by atoms with van der Waals surface area (Å²) in [5, 5.41) is 0.515. The summed E-state index contributed by atoms with van der Waals surface area (Å²) in [5.41, 5.74) is 0.290. The fourth-order valence-electron chi connectivity index (χ4n) is 2.50. The Labute approximate surface area is 172 Å². The monoisotopic (exact) mass is 430 g/mol. The van der Waals surface area contributed by atoms with Crippen molar-refractivity contribution in [2.75, 3.05) is 0 Å². The summed E-state index contributed by atoms with van der Waals surface area (Å²) in [7, 11) is 0. The van der Waals surface area contributed by atoms with Gasteiger partial charge in [-0.15, -0.1) is 0 Å². The molecule has 0 fully saturated rings. The summed E-state index contributed by atoms with van der Waals surface area (Å²) >= 11 is 16.8. The average molecular weight is 432 g/mol. The van der Waals surface area contributed by atoms with Gasteiger partial charge in [0.15, 0.2) is 0 Å². The molecule has 0 radical (unpaired) electrons. The van der Waals surface area contributed by atoms with Crippen LogP contribution in [0.4, 0.5) is 4.39 Å². The zero-order valence-corrected chi connectivity index (χ0v) is 16.9. The third-order valence-corrected chi connectivity index (χ3v) is 4.23. The van der Waals surface area contributed by atoms with E-state index in [-0.39, 0.29) is 10.4 Å². The van der Waals surface area contributed by atoms with Crippen molar-refractivity contribution in [2.24, 2.45) is 11.8 Å². The number of halogens is 4. The van der Waals surface area contributed by atoms with Crippen LogP contribution < -0.4 is 9.47 Å². The van der Waals surface area contributed by atoms with Crippen molar-refractivity contribution >= 4 is 40.8 Å². The first-order valence-electron chi connectivity index (χ1n) is 8.17. The maximum atomic E-state index is 15.2. The zero-order valence-electron chi connectivity index (χ0n) is 14.7. The van der Waals surface area contributed by atoms with Crippen molar-refractivity contribution in [1.29, 1.82) is 0 Å². The molecule has 7 heteroatoms. The quantitative estimate of drug-likeness (QED) is 0.272. The average Bonchev–Trinajstić information content (AvgIpc) is 2.62. The fourth-order valence-corrected chi connectivity index (χ4v) is 2.71. The molecule has 144 valence electrons. The van der Waals surface area contributed by atoms with E-state index in [2.05, 4.69) is 0 Å². The lowest BCUT2D eigenvalue weighted by Crippen LogP contribution is -2.29. The van der Waals surface area contributed by atoms with E-state index in [1.165, 1.54) is 6.07 Å². The number of benzene rings is 2. The first-order valence-corrected chi connectivity index (χ1v) is 9.30. The van der Waals surface area contributed by atoms with Gasteiger partial charge in [0, 0.05) is 5.02 Å². The molecule has 0 heterocycles. The van der Waals surface area contributed by atoms with Gasteiger partial charge in [-0.05, 0) is 47.9 Å². The normalized spacial score (nSPS) is 13.0. The maximum absolute atomic E-state index is 15.2. The molecule has 0 aromatic heterocycles. The molecule has 0 bridgehead atoms. The van der Waals surface area contributed by atoms with E-state index < -0.39 is 18.1 Å². The Balaban J connectivity index is 2.20. The van der Waals surface area contributed by atoms with Gasteiger partial charge in [0.2, 0.25) is 0 Å². The van der Waals surface area contributed by atoms with Crippen molar-refractivity contribution < 1.29 is 18.7 Å². The molecular formula is C20H18Cl3FO3. The summed E-state index contributed by atoms with van der Waals surface area (Å²) in [5.74, 6) is -1.29. The topological polar surface area (TPSA) is 35.5 Å². The number of hydrogen-bond donors (Lipinski definition) is 0. The summed E-state index contributed by atoms with van der Waals surface area (Å²) < 4.78 is 25.7. The van der Waals surface area contributed by atoms with Gasteiger partial charge in [-0.3, -0.25) is 4.79 Å². The molecule has 0 aliphatic carbocycles. The molecule has 0 aliphatic heterocycles. The van der Waals surface area contributed by atoms with Crippen LogP contribution in [0.3, 0.4) is 0 Å². The van der Waals surface area contributed by atoms with E-state index in [0.29, 0.717) is 22.1 Å². The number of alkyl halides is 1. The largest absolute Gasteiger partial charge is 0.462 e. The molecule has 0 amide bonds. The van der Waals surface area contributed by atoms with Gasteiger partial charge in [-0.1, -0.05) is 60.8 Å². The van der Waals surface area contributed by atoms with Crippen molar-refractivity contribution in [2.45, 2.75) is 20.0 Å². The van der Waals surface area contributed by atoms with E-state index in [0.717, 1.165) is 6.26 Å². The molecule has 3 nitrogen and oxygen atoms in total. The minimum Gasteiger partial charge on any atom is -0.462 e. The summed E-state index contributed by atoms with van der Waals surface area (Å²) in [4.78, 5) is 12.6. The van der Waals surface area contributed by atoms with Crippen molar-refractivity contribution in [1.82, 2.24) is 0 Å². The Kier molecular flexibility index (Phi) is 7.96. The Morgan fingerprint density at radius 2 is 1.74 bits per heavy atom.